The van der Waals surface area contributed by atoms with Gasteiger partial charge in [0.05, 0.1) is 0 Å². The van der Waals surface area contributed by atoms with E-state index in [2.05, 4.69) is 34.7 Å². The molecule has 0 unspecified atom stereocenters. The summed E-state index contributed by atoms with van der Waals surface area (Å²) in [6.45, 7) is 6.69. The monoisotopic (exact) mass is 210 g/mol. The van der Waals surface area contributed by atoms with Crippen LogP contribution in [0.3, 0.4) is 0 Å². The predicted octanol–water partition coefficient (Wildman–Crippen LogP) is 0.385. The Morgan fingerprint density at radius 1 is 1.53 bits per heavy atom. The summed E-state index contributed by atoms with van der Waals surface area (Å²) in [6.07, 6.45) is 1.56. The van der Waals surface area contributed by atoms with Crippen molar-refractivity contribution in [3.8, 4) is 0 Å². The molecule has 84 valence electrons. The van der Waals surface area contributed by atoms with Crippen LogP contribution < -0.4 is 10.6 Å². The molecule has 0 bridgehead atoms. The van der Waals surface area contributed by atoms with Crippen LogP contribution in [0.25, 0.3) is 0 Å². The lowest BCUT2D eigenvalue weighted by molar-refractivity contribution is 0.0949. The van der Waals surface area contributed by atoms with Gasteiger partial charge in [-0.3, -0.25) is 9.89 Å². The molecule has 0 saturated carbocycles. The number of rotatable bonds is 6. The Morgan fingerprint density at radius 2 is 2.33 bits per heavy atom. The molecule has 0 radical (unpaired) electrons. The zero-order valence-electron chi connectivity index (χ0n) is 9.21. The molecular weight excluding hydrogens is 192 g/mol. The number of carbonyl (C=O) groups is 1. The Hall–Kier alpha value is -1.36. The molecule has 1 aromatic rings. The lowest BCUT2D eigenvalue weighted by atomic mass is 10.2. The fourth-order valence-electron chi connectivity index (χ4n) is 1.13. The topological polar surface area (TPSA) is 69.8 Å². The van der Waals surface area contributed by atoms with Crippen LogP contribution in [0.4, 0.5) is 0 Å². The van der Waals surface area contributed by atoms with Gasteiger partial charge in [-0.05, 0) is 18.5 Å². The molecule has 5 heteroatoms. The van der Waals surface area contributed by atoms with E-state index in [1.165, 1.54) is 0 Å². The van der Waals surface area contributed by atoms with Crippen molar-refractivity contribution in [3.05, 3.63) is 18.0 Å². The van der Waals surface area contributed by atoms with Crippen molar-refractivity contribution < 1.29 is 4.79 Å². The number of H-pyrrole nitrogens is 1. The summed E-state index contributed by atoms with van der Waals surface area (Å²) in [4.78, 5) is 11.4. The zero-order chi connectivity index (χ0) is 11.1. The van der Waals surface area contributed by atoms with Gasteiger partial charge in [0.25, 0.3) is 5.91 Å². The minimum atomic E-state index is -0.112. The number of aromatic nitrogens is 2. The lowest BCUT2D eigenvalue weighted by Gasteiger charge is -2.07. The van der Waals surface area contributed by atoms with Crippen LogP contribution in [-0.2, 0) is 0 Å². The Bertz CT molecular complexity index is 282. The minimum absolute atomic E-state index is 0.112. The van der Waals surface area contributed by atoms with E-state index < -0.39 is 0 Å². The first-order chi connectivity index (χ1) is 7.20. The Balaban J connectivity index is 2.08. The van der Waals surface area contributed by atoms with Crippen LogP contribution in [0.2, 0.25) is 0 Å². The minimum Gasteiger partial charge on any atom is -0.349 e. The molecule has 15 heavy (non-hydrogen) atoms. The van der Waals surface area contributed by atoms with E-state index in [4.69, 9.17) is 0 Å². The van der Waals surface area contributed by atoms with E-state index in [1.54, 1.807) is 12.3 Å². The number of hydrogen-bond acceptors (Lipinski definition) is 3. The maximum Gasteiger partial charge on any atom is 0.269 e. The highest BCUT2D eigenvalue weighted by atomic mass is 16.1. The fourth-order valence-corrected chi connectivity index (χ4v) is 1.13. The Morgan fingerprint density at radius 3 is 2.93 bits per heavy atom. The van der Waals surface area contributed by atoms with Crippen LogP contribution in [0.5, 0.6) is 0 Å². The fraction of sp³-hybridized carbons (Fsp3) is 0.600. The molecule has 0 aliphatic heterocycles. The highest BCUT2D eigenvalue weighted by molar-refractivity contribution is 5.92. The van der Waals surface area contributed by atoms with E-state index in [-0.39, 0.29) is 5.91 Å². The van der Waals surface area contributed by atoms with E-state index in [0.29, 0.717) is 18.2 Å². The van der Waals surface area contributed by atoms with Crippen molar-refractivity contribution in [3.63, 3.8) is 0 Å². The van der Waals surface area contributed by atoms with E-state index in [1.807, 2.05) is 0 Å². The van der Waals surface area contributed by atoms with Gasteiger partial charge in [0.15, 0.2) is 0 Å². The number of aromatic amines is 1. The number of carbonyl (C=O) groups excluding carboxylic acids is 1. The van der Waals surface area contributed by atoms with Gasteiger partial charge in [-0.15, -0.1) is 0 Å². The molecule has 0 saturated heterocycles. The van der Waals surface area contributed by atoms with Gasteiger partial charge in [0.2, 0.25) is 0 Å². The summed E-state index contributed by atoms with van der Waals surface area (Å²) in [6, 6.07) is 1.65. The van der Waals surface area contributed by atoms with Crippen LogP contribution in [0.1, 0.15) is 24.3 Å². The average molecular weight is 210 g/mol. The summed E-state index contributed by atoms with van der Waals surface area (Å²) in [7, 11) is 0. The molecule has 0 aliphatic carbocycles. The third-order valence-corrected chi connectivity index (χ3v) is 1.89. The summed E-state index contributed by atoms with van der Waals surface area (Å²) in [5.41, 5.74) is 0.499. The molecule has 1 amide bonds. The van der Waals surface area contributed by atoms with Crippen LogP contribution in [-0.4, -0.2) is 35.7 Å². The molecule has 0 atom stereocenters. The van der Waals surface area contributed by atoms with Gasteiger partial charge in [-0.1, -0.05) is 13.8 Å². The summed E-state index contributed by atoms with van der Waals surface area (Å²) < 4.78 is 0. The number of hydrogen-bond donors (Lipinski definition) is 3. The summed E-state index contributed by atoms with van der Waals surface area (Å²) in [5, 5.41) is 12.4. The van der Waals surface area contributed by atoms with Crippen LogP contribution in [0.15, 0.2) is 12.3 Å². The van der Waals surface area contributed by atoms with Crippen LogP contribution >= 0.6 is 0 Å². The highest BCUT2D eigenvalue weighted by Crippen LogP contribution is 1.90. The van der Waals surface area contributed by atoms with Gasteiger partial charge < -0.3 is 10.6 Å². The number of nitrogens with one attached hydrogen (secondary N) is 3. The van der Waals surface area contributed by atoms with Crippen molar-refractivity contribution in [2.75, 3.05) is 19.6 Å². The van der Waals surface area contributed by atoms with E-state index in [9.17, 15) is 4.79 Å². The van der Waals surface area contributed by atoms with Crippen molar-refractivity contribution in [1.82, 2.24) is 20.8 Å². The SMILES string of the molecule is CC(C)CNCCNC(=O)c1ccn[nH]1. The second kappa shape index (κ2) is 6.19. The molecule has 0 aliphatic rings. The highest BCUT2D eigenvalue weighted by Gasteiger charge is 2.04. The Labute approximate surface area is 89.6 Å². The maximum atomic E-state index is 11.4. The second-order valence-electron chi connectivity index (χ2n) is 3.82. The largest absolute Gasteiger partial charge is 0.349 e. The molecule has 0 spiro atoms. The van der Waals surface area contributed by atoms with Gasteiger partial charge in [-0.25, -0.2) is 0 Å². The third-order valence-electron chi connectivity index (χ3n) is 1.89. The first-order valence-corrected chi connectivity index (χ1v) is 5.18. The predicted molar refractivity (Wildman–Crippen MR) is 58.6 cm³/mol. The van der Waals surface area contributed by atoms with Crippen molar-refractivity contribution in [1.29, 1.82) is 0 Å². The van der Waals surface area contributed by atoms with Gasteiger partial charge in [0.1, 0.15) is 5.69 Å². The maximum absolute atomic E-state index is 11.4. The Kier molecular flexibility index (Phi) is 4.83. The quantitative estimate of drug-likeness (QED) is 0.595. The van der Waals surface area contributed by atoms with Crippen LogP contribution in [0, 0.1) is 5.92 Å². The average Bonchev–Trinajstić information content (AvgIpc) is 2.69. The molecule has 1 aromatic heterocycles. The molecular formula is C10H18N4O. The molecule has 3 N–H and O–H groups in total. The smallest absolute Gasteiger partial charge is 0.269 e. The van der Waals surface area contributed by atoms with Gasteiger partial charge >= 0.3 is 0 Å². The second-order valence-corrected chi connectivity index (χ2v) is 3.82. The standard InChI is InChI=1S/C10H18N4O/c1-8(2)7-11-5-6-12-10(15)9-3-4-13-14-9/h3-4,8,11H,5-7H2,1-2H3,(H,12,15)(H,13,14). The summed E-state index contributed by atoms with van der Waals surface area (Å²) >= 11 is 0. The molecule has 1 heterocycles. The first kappa shape index (κ1) is 11.7. The van der Waals surface area contributed by atoms with Gasteiger partial charge in [0, 0.05) is 19.3 Å². The van der Waals surface area contributed by atoms with Crippen molar-refractivity contribution >= 4 is 5.91 Å². The van der Waals surface area contributed by atoms with Gasteiger partial charge in [-0.2, -0.15) is 5.10 Å². The lowest BCUT2D eigenvalue weighted by Crippen LogP contribution is -2.33. The van der Waals surface area contributed by atoms with E-state index in [0.717, 1.165) is 13.1 Å². The first-order valence-electron chi connectivity index (χ1n) is 5.18. The molecule has 0 fully saturated rings. The third kappa shape index (κ3) is 4.60. The molecule has 0 aromatic carbocycles. The number of nitrogens with zero attached hydrogens (tertiary/aromatic N) is 1. The molecule has 1 rings (SSSR count). The van der Waals surface area contributed by atoms with E-state index >= 15 is 0 Å². The normalized spacial score (nSPS) is 10.6. The zero-order valence-corrected chi connectivity index (χ0v) is 9.21. The summed E-state index contributed by atoms with van der Waals surface area (Å²) in [5.74, 6) is 0.521. The van der Waals surface area contributed by atoms with Crippen molar-refractivity contribution in [2.24, 2.45) is 5.92 Å². The molecule has 5 nitrogen and oxygen atoms in total. The number of amides is 1. The van der Waals surface area contributed by atoms with Crippen molar-refractivity contribution in [2.45, 2.75) is 13.8 Å².